The summed E-state index contributed by atoms with van der Waals surface area (Å²) in [5.41, 5.74) is 7.36. The average molecular weight is 388 g/mol. The van der Waals surface area contributed by atoms with E-state index >= 15 is 0 Å². The Kier molecular flexibility index (Phi) is 5.68. The number of unbranched alkanes of at least 4 members (excludes halogenated alkanes) is 2. The molecule has 142 valence electrons. The number of para-hydroxylation sites is 1. The molecule has 0 saturated heterocycles. The molecule has 27 heavy (non-hydrogen) atoms. The van der Waals surface area contributed by atoms with Crippen molar-refractivity contribution in [2.45, 2.75) is 32.0 Å². The van der Waals surface area contributed by atoms with Gasteiger partial charge in [-0.05, 0) is 30.7 Å². The molecule has 0 aliphatic carbocycles. The van der Waals surface area contributed by atoms with Gasteiger partial charge in [0, 0.05) is 12.1 Å². The maximum Gasteiger partial charge on any atom is 0.342 e. The molecule has 3 rings (SSSR count). The van der Waals surface area contributed by atoms with Crippen LogP contribution in [0.3, 0.4) is 0 Å². The van der Waals surface area contributed by atoms with Crippen molar-refractivity contribution in [3.8, 4) is 0 Å². The van der Waals surface area contributed by atoms with Gasteiger partial charge in [-0.2, -0.15) is 0 Å². The molecule has 2 aromatic rings. The molecule has 1 unspecified atom stereocenters. The number of hydrogen-bond donors (Lipinski definition) is 2. The van der Waals surface area contributed by atoms with Gasteiger partial charge in [0.1, 0.15) is 0 Å². The van der Waals surface area contributed by atoms with Crippen LogP contribution < -0.4 is 10.6 Å². The lowest BCUT2D eigenvalue weighted by molar-refractivity contribution is -0.207. The molecule has 2 aromatic carbocycles. The van der Waals surface area contributed by atoms with Crippen molar-refractivity contribution in [3.05, 3.63) is 64.7 Å². The van der Waals surface area contributed by atoms with Crippen LogP contribution in [0, 0.1) is 0 Å². The monoisotopic (exact) mass is 387 g/mol. The maximum absolute atomic E-state index is 12.9. The molecule has 1 aliphatic heterocycles. The number of benzene rings is 2. The van der Waals surface area contributed by atoms with Crippen LogP contribution in [0.4, 0.5) is 5.69 Å². The van der Waals surface area contributed by atoms with Crippen LogP contribution in [-0.2, 0) is 15.4 Å². The quantitative estimate of drug-likeness (QED) is 0.251. The maximum atomic E-state index is 12.9. The van der Waals surface area contributed by atoms with Gasteiger partial charge in [0.05, 0.1) is 16.3 Å². The highest BCUT2D eigenvalue weighted by Crippen LogP contribution is 2.41. The Morgan fingerprint density at radius 1 is 1.22 bits per heavy atom. The number of hydrogen-bond acceptors (Lipinski definition) is 4. The largest absolute Gasteiger partial charge is 0.380 e. The molecule has 0 aromatic heterocycles. The van der Waals surface area contributed by atoms with E-state index < -0.39 is 11.7 Å². The highest BCUT2D eigenvalue weighted by Gasteiger charge is 2.53. The standard InChI is InChI=1S/C20H22ClN3O3/c1-2-3-8-13-24-17-12-7-5-10-15(17)20(26,19(24)25)27-23-18(22)14-9-4-6-11-16(14)21/h4-7,9-12,26H,2-3,8,13H2,1H3,(H2,22,23). The van der Waals surface area contributed by atoms with E-state index in [-0.39, 0.29) is 5.84 Å². The zero-order valence-electron chi connectivity index (χ0n) is 15.1. The number of fused-ring (bicyclic) bond motifs is 1. The Hall–Kier alpha value is -2.57. The number of halogens is 1. The zero-order chi connectivity index (χ0) is 19.4. The summed E-state index contributed by atoms with van der Waals surface area (Å²) in [6.45, 7) is 2.59. The number of aliphatic hydroxyl groups is 1. The van der Waals surface area contributed by atoms with E-state index in [2.05, 4.69) is 12.1 Å². The highest BCUT2D eigenvalue weighted by molar-refractivity contribution is 6.34. The second kappa shape index (κ2) is 7.98. The van der Waals surface area contributed by atoms with E-state index in [0.29, 0.717) is 28.4 Å². The summed E-state index contributed by atoms with van der Waals surface area (Å²) in [4.78, 5) is 19.7. The highest BCUT2D eigenvalue weighted by atomic mass is 35.5. The van der Waals surface area contributed by atoms with Crippen LogP contribution in [0.1, 0.15) is 37.3 Å². The van der Waals surface area contributed by atoms with Crippen molar-refractivity contribution >= 4 is 29.0 Å². The smallest absolute Gasteiger partial charge is 0.342 e. The van der Waals surface area contributed by atoms with Gasteiger partial charge in [-0.15, -0.1) is 0 Å². The van der Waals surface area contributed by atoms with Gasteiger partial charge in [-0.1, -0.05) is 60.8 Å². The number of oxime groups is 1. The molecular formula is C20H22ClN3O3. The fourth-order valence-corrected chi connectivity index (χ4v) is 3.30. The van der Waals surface area contributed by atoms with Crippen LogP contribution in [0.5, 0.6) is 0 Å². The Labute approximate surface area is 163 Å². The lowest BCUT2D eigenvalue weighted by Gasteiger charge is -2.21. The summed E-state index contributed by atoms with van der Waals surface area (Å²) in [6, 6.07) is 13.8. The van der Waals surface area contributed by atoms with Gasteiger partial charge < -0.3 is 20.6 Å². The summed E-state index contributed by atoms with van der Waals surface area (Å²) in [6.07, 6.45) is 2.85. The molecule has 7 heteroatoms. The second-order valence-electron chi connectivity index (χ2n) is 6.37. The van der Waals surface area contributed by atoms with E-state index in [1.165, 1.54) is 4.90 Å². The molecule has 0 radical (unpaired) electrons. The van der Waals surface area contributed by atoms with Crippen molar-refractivity contribution in [1.82, 2.24) is 0 Å². The molecule has 6 nitrogen and oxygen atoms in total. The first-order chi connectivity index (χ1) is 13.0. The first-order valence-electron chi connectivity index (χ1n) is 8.89. The Bertz CT molecular complexity index is 871. The minimum atomic E-state index is -2.21. The van der Waals surface area contributed by atoms with Crippen LogP contribution in [0.2, 0.25) is 5.02 Å². The topological polar surface area (TPSA) is 88.2 Å². The summed E-state index contributed by atoms with van der Waals surface area (Å²) >= 11 is 6.10. The molecule has 1 heterocycles. The number of nitrogens with zero attached hydrogens (tertiary/aromatic N) is 2. The van der Waals surface area contributed by atoms with Crippen molar-refractivity contribution in [3.63, 3.8) is 0 Å². The molecule has 0 saturated carbocycles. The third-order valence-electron chi connectivity index (χ3n) is 4.51. The zero-order valence-corrected chi connectivity index (χ0v) is 15.8. The van der Waals surface area contributed by atoms with Gasteiger partial charge in [0.2, 0.25) is 0 Å². The number of amides is 1. The van der Waals surface area contributed by atoms with Crippen molar-refractivity contribution in [1.29, 1.82) is 0 Å². The summed E-state index contributed by atoms with van der Waals surface area (Å²) in [5.74, 6) is -2.81. The fourth-order valence-electron chi connectivity index (χ4n) is 3.07. The third-order valence-corrected chi connectivity index (χ3v) is 4.84. The predicted molar refractivity (Wildman–Crippen MR) is 105 cm³/mol. The summed E-state index contributed by atoms with van der Waals surface area (Å²) in [7, 11) is 0. The van der Waals surface area contributed by atoms with Gasteiger partial charge in [-0.25, -0.2) is 0 Å². The lowest BCUT2D eigenvalue weighted by Crippen LogP contribution is -2.42. The van der Waals surface area contributed by atoms with Gasteiger partial charge in [0.25, 0.3) is 0 Å². The molecule has 0 fully saturated rings. The number of rotatable bonds is 7. The van der Waals surface area contributed by atoms with Gasteiger partial charge >= 0.3 is 11.7 Å². The molecule has 1 aliphatic rings. The predicted octanol–water partition coefficient (Wildman–Crippen LogP) is 3.36. The molecular weight excluding hydrogens is 366 g/mol. The van der Waals surface area contributed by atoms with Gasteiger partial charge in [-0.3, -0.25) is 4.79 Å². The third kappa shape index (κ3) is 3.63. The summed E-state index contributed by atoms with van der Waals surface area (Å²) in [5, 5.41) is 15.2. The molecule has 0 bridgehead atoms. The van der Waals surface area contributed by atoms with Crippen LogP contribution >= 0.6 is 11.6 Å². The average Bonchev–Trinajstić information content (AvgIpc) is 2.89. The Morgan fingerprint density at radius 2 is 1.93 bits per heavy atom. The minimum Gasteiger partial charge on any atom is -0.380 e. The lowest BCUT2D eigenvalue weighted by atomic mass is 10.1. The number of amidine groups is 1. The second-order valence-corrected chi connectivity index (χ2v) is 6.78. The first-order valence-corrected chi connectivity index (χ1v) is 9.27. The van der Waals surface area contributed by atoms with Crippen molar-refractivity contribution in [2.75, 3.05) is 11.4 Å². The molecule has 1 amide bonds. The summed E-state index contributed by atoms with van der Waals surface area (Å²) < 4.78 is 0. The number of anilines is 1. The minimum absolute atomic E-state index is 0.0243. The van der Waals surface area contributed by atoms with E-state index in [1.807, 2.05) is 6.07 Å². The Balaban J connectivity index is 1.89. The number of nitrogens with two attached hydrogens (primary N) is 1. The van der Waals surface area contributed by atoms with Gasteiger partial charge in [0.15, 0.2) is 5.84 Å². The Morgan fingerprint density at radius 3 is 2.67 bits per heavy atom. The van der Waals surface area contributed by atoms with E-state index in [1.54, 1.807) is 42.5 Å². The number of carbonyl (C=O) groups is 1. The fraction of sp³-hybridized carbons (Fsp3) is 0.300. The van der Waals surface area contributed by atoms with Crippen molar-refractivity contribution < 1.29 is 14.7 Å². The first kappa shape index (κ1) is 19.2. The van der Waals surface area contributed by atoms with Crippen molar-refractivity contribution in [2.24, 2.45) is 10.9 Å². The van der Waals surface area contributed by atoms with E-state index in [9.17, 15) is 9.90 Å². The van der Waals surface area contributed by atoms with Crippen LogP contribution in [-0.4, -0.2) is 23.4 Å². The molecule has 3 N–H and O–H groups in total. The SMILES string of the molecule is CCCCCN1C(=O)C(O)(O/N=C(\N)c2ccccc2Cl)c2ccccc21. The van der Waals surface area contributed by atoms with E-state index in [0.717, 1.165) is 19.3 Å². The normalized spacial score (nSPS) is 19.3. The van der Waals surface area contributed by atoms with Crippen LogP contribution in [0.15, 0.2) is 53.7 Å². The van der Waals surface area contributed by atoms with E-state index in [4.69, 9.17) is 22.2 Å². The number of carbonyl (C=O) groups excluding carboxylic acids is 1. The molecule has 0 spiro atoms. The molecule has 1 atom stereocenters. The van der Waals surface area contributed by atoms with Crippen LogP contribution in [0.25, 0.3) is 0 Å².